The van der Waals surface area contributed by atoms with E-state index in [0.29, 0.717) is 12.3 Å². The third kappa shape index (κ3) is 9.45. The average molecular weight is 721 g/mol. The van der Waals surface area contributed by atoms with Crippen molar-refractivity contribution in [2.45, 2.75) is 57.5 Å². The summed E-state index contributed by atoms with van der Waals surface area (Å²) >= 11 is 3.47. The van der Waals surface area contributed by atoms with E-state index in [4.69, 9.17) is 4.74 Å². The summed E-state index contributed by atoms with van der Waals surface area (Å²) in [5.41, 5.74) is 3.60. The van der Waals surface area contributed by atoms with Gasteiger partial charge in [0.05, 0.1) is 17.7 Å². The second-order valence-corrected chi connectivity index (χ2v) is 14.3. The van der Waals surface area contributed by atoms with Crippen molar-refractivity contribution in [1.29, 1.82) is 0 Å². The second kappa shape index (κ2) is 16.6. The number of hydrogen-bond donors (Lipinski definition) is 1. The van der Waals surface area contributed by atoms with E-state index in [1.807, 2.05) is 81.4 Å². The van der Waals surface area contributed by atoms with Gasteiger partial charge in [0.25, 0.3) is 10.0 Å². The molecule has 4 aromatic rings. The molecule has 2 amide bonds. The molecular weight excluding hydrogens is 678 g/mol. The summed E-state index contributed by atoms with van der Waals surface area (Å²) in [5.74, 6) is -0.524. The van der Waals surface area contributed by atoms with Crippen LogP contribution in [0.15, 0.2) is 106 Å². The van der Waals surface area contributed by atoms with Gasteiger partial charge in [-0.25, -0.2) is 8.42 Å². The van der Waals surface area contributed by atoms with Crippen molar-refractivity contribution >= 4 is 43.5 Å². The normalized spacial score (nSPS) is 11.9. The molecule has 248 valence electrons. The number of ether oxygens (including phenoxy) is 1. The van der Waals surface area contributed by atoms with E-state index in [1.54, 1.807) is 24.3 Å². The molecule has 0 saturated carbocycles. The highest BCUT2D eigenvalue weighted by Crippen LogP contribution is 2.34. The molecule has 4 rings (SSSR count). The monoisotopic (exact) mass is 719 g/mol. The first-order valence-corrected chi connectivity index (χ1v) is 17.9. The molecule has 0 aliphatic carbocycles. The largest absolute Gasteiger partial charge is 0.495 e. The van der Waals surface area contributed by atoms with Gasteiger partial charge in [-0.3, -0.25) is 13.9 Å². The molecule has 0 aliphatic heterocycles. The Morgan fingerprint density at radius 1 is 0.872 bits per heavy atom. The first-order chi connectivity index (χ1) is 22.5. The molecule has 47 heavy (non-hydrogen) atoms. The molecular formula is C37H42BrN3O5S. The Kier molecular flexibility index (Phi) is 12.6. The molecule has 0 saturated heterocycles. The zero-order chi connectivity index (χ0) is 34.0. The quantitative estimate of drug-likeness (QED) is 0.136. The number of anilines is 1. The van der Waals surface area contributed by atoms with Crippen LogP contribution in [0.5, 0.6) is 5.75 Å². The number of benzene rings is 4. The molecule has 1 atom stereocenters. The molecule has 1 N–H and O–H groups in total. The zero-order valence-electron chi connectivity index (χ0n) is 27.3. The third-order valence-electron chi connectivity index (χ3n) is 7.86. The second-order valence-electron chi connectivity index (χ2n) is 11.5. The number of sulfonamides is 1. The smallest absolute Gasteiger partial charge is 0.264 e. The predicted octanol–water partition coefficient (Wildman–Crippen LogP) is 6.83. The Morgan fingerprint density at radius 3 is 2.17 bits per heavy atom. The number of halogens is 1. The number of unbranched alkanes of at least 4 members (excludes halogenated alkanes) is 1. The lowest BCUT2D eigenvalue weighted by molar-refractivity contribution is -0.140. The molecule has 10 heteroatoms. The van der Waals surface area contributed by atoms with Crippen LogP contribution in [0.2, 0.25) is 0 Å². The van der Waals surface area contributed by atoms with Gasteiger partial charge in [-0.1, -0.05) is 95.5 Å². The van der Waals surface area contributed by atoms with Crippen LogP contribution in [0.3, 0.4) is 0 Å². The highest BCUT2D eigenvalue weighted by molar-refractivity contribution is 9.10. The fourth-order valence-corrected chi connectivity index (χ4v) is 6.87. The number of methoxy groups -OCH3 is 1. The number of amides is 2. The maximum atomic E-state index is 14.7. The number of carbonyl (C=O) groups is 2. The van der Waals surface area contributed by atoms with Crippen LogP contribution in [-0.4, -0.2) is 51.4 Å². The SMILES string of the molecule is CCCCNC(=O)C(Cc1ccccc1)N(Cc1ccc(Br)cc1)C(=O)CN(c1cc(C)ccc1OC)S(=O)(=O)c1ccc(C)cc1. The van der Waals surface area contributed by atoms with Gasteiger partial charge in [0.1, 0.15) is 18.3 Å². The Balaban J connectivity index is 1.83. The standard InChI is InChI=1S/C37H42BrN3O5S/c1-5-6-22-39-37(43)34(24-29-10-8-7-9-11-29)40(25-30-15-17-31(38)18-16-30)36(42)26-41(33-23-28(3)14-21-35(33)46-4)47(44,45)32-19-12-27(2)13-20-32/h7-21,23,34H,5-6,22,24-26H2,1-4H3,(H,39,43). The van der Waals surface area contributed by atoms with E-state index in [-0.39, 0.29) is 29.5 Å². The van der Waals surface area contributed by atoms with Gasteiger partial charge in [0, 0.05) is 24.0 Å². The summed E-state index contributed by atoms with van der Waals surface area (Å²) in [6.07, 6.45) is 1.94. The minimum Gasteiger partial charge on any atom is -0.495 e. The zero-order valence-corrected chi connectivity index (χ0v) is 29.7. The van der Waals surface area contributed by atoms with Crippen molar-refractivity contribution in [2.75, 3.05) is 24.5 Å². The van der Waals surface area contributed by atoms with Gasteiger partial charge in [0.15, 0.2) is 0 Å². The van der Waals surface area contributed by atoms with Crippen molar-refractivity contribution in [3.8, 4) is 5.75 Å². The van der Waals surface area contributed by atoms with E-state index >= 15 is 0 Å². The fraction of sp³-hybridized carbons (Fsp3) is 0.297. The van der Waals surface area contributed by atoms with Crippen LogP contribution in [0.4, 0.5) is 5.69 Å². The van der Waals surface area contributed by atoms with Crippen molar-refractivity contribution in [3.63, 3.8) is 0 Å². The number of rotatable bonds is 15. The summed E-state index contributed by atoms with van der Waals surface area (Å²) in [7, 11) is -2.79. The van der Waals surface area contributed by atoms with Crippen LogP contribution in [0, 0.1) is 13.8 Å². The molecule has 0 spiro atoms. The van der Waals surface area contributed by atoms with Gasteiger partial charge in [0.2, 0.25) is 11.8 Å². The molecule has 4 aromatic carbocycles. The van der Waals surface area contributed by atoms with E-state index in [1.165, 1.54) is 24.1 Å². The number of carbonyl (C=O) groups excluding carboxylic acids is 2. The van der Waals surface area contributed by atoms with Gasteiger partial charge in [-0.2, -0.15) is 0 Å². The number of nitrogens with zero attached hydrogens (tertiary/aromatic N) is 2. The highest BCUT2D eigenvalue weighted by Gasteiger charge is 2.35. The summed E-state index contributed by atoms with van der Waals surface area (Å²) < 4.78 is 36.3. The van der Waals surface area contributed by atoms with Gasteiger partial charge < -0.3 is 15.0 Å². The number of nitrogens with one attached hydrogen (secondary N) is 1. The molecule has 8 nitrogen and oxygen atoms in total. The summed E-state index contributed by atoms with van der Waals surface area (Å²) in [6, 6.07) is 27.8. The predicted molar refractivity (Wildman–Crippen MR) is 190 cm³/mol. The van der Waals surface area contributed by atoms with Gasteiger partial charge in [-0.05, 0) is 73.4 Å². The van der Waals surface area contributed by atoms with Crippen molar-refractivity contribution < 1.29 is 22.7 Å². The van der Waals surface area contributed by atoms with Crippen LogP contribution in [-0.2, 0) is 32.6 Å². The molecule has 1 unspecified atom stereocenters. The molecule has 0 fully saturated rings. The maximum Gasteiger partial charge on any atom is 0.264 e. The Bertz CT molecular complexity index is 1750. The number of aryl methyl sites for hydroxylation is 2. The topological polar surface area (TPSA) is 96.0 Å². The lowest BCUT2D eigenvalue weighted by atomic mass is 10.0. The molecule has 0 heterocycles. The Labute approximate surface area is 286 Å². The molecule has 0 radical (unpaired) electrons. The van der Waals surface area contributed by atoms with E-state index < -0.39 is 28.5 Å². The van der Waals surface area contributed by atoms with Gasteiger partial charge in [-0.15, -0.1) is 0 Å². The summed E-state index contributed by atoms with van der Waals surface area (Å²) in [4.78, 5) is 30.1. The van der Waals surface area contributed by atoms with Crippen molar-refractivity contribution in [1.82, 2.24) is 10.2 Å². The highest BCUT2D eigenvalue weighted by atomic mass is 79.9. The summed E-state index contributed by atoms with van der Waals surface area (Å²) in [6.45, 7) is 5.76. The maximum absolute atomic E-state index is 14.7. The van der Waals surface area contributed by atoms with Crippen LogP contribution >= 0.6 is 15.9 Å². The lowest BCUT2D eigenvalue weighted by Crippen LogP contribution is -2.53. The van der Waals surface area contributed by atoms with E-state index in [9.17, 15) is 18.0 Å². The first-order valence-electron chi connectivity index (χ1n) is 15.6. The average Bonchev–Trinajstić information content (AvgIpc) is 3.06. The van der Waals surface area contributed by atoms with Crippen LogP contribution < -0.4 is 14.4 Å². The number of hydrogen-bond acceptors (Lipinski definition) is 5. The van der Waals surface area contributed by atoms with Gasteiger partial charge >= 0.3 is 0 Å². The third-order valence-corrected chi connectivity index (χ3v) is 10.2. The Hall–Kier alpha value is -4.15. The molecule has 0 aromatic heterocycles. The minimum atomic E-state index is -4.25. The van der Waals surface area contributed by atoms with E-state index in [2.05, 4.69) is 21.2 Å². The van der Waals surface area contributed by atoms with E-state index in [0.717, 1.165) is 43.9 Å². The fourth-order valence-electron chi connectivity index (χ4n) is 5.19. The van der Waals surface area contributed by atoms with Crippen molar-refractivity contribution in [2.24, 2.45) is 0 Å². The Morgan fingerprint density at radius 2 is 1.53 bits per heavy atom. The van der Waals surface area contributed by atoms with Crippen LogP contribution in [0.1, 0.15) is 42.0 Å². The summed E-state index contributed by atoms with van der Waals surface area (Å²) in [5, 5.41) is 3.01. The molecule has 0 bridgehead atoms. The molecule has 0 aliphatic rings. The lowest BCUT2D eigenvalue weighted by Gasteiger charge is -2.34. The first kappa shape index (κ1) is 35.7. The van der Waals surface area contributed by atoms with Crippen LogP contribution in [0.25, 0.3) is 0 Å². The minimum absolute atomic E-state index is 0.0389. The van der Waals surface area contributed by atoms with Crippen molar-refractivity contribution in [3.05, 3.63) is 124 Å².